The first kappa shape index (κ1) is 16.8. The van der Waals surface area contributed by atoms with E-state index in [1.165, 1.54) is 23.1 Å². The molecule has 0 unspecified atom stereocenters. The van der Waals surface area contributed by atoms with Gasteiger partial charge in [0.25, 0.3) is 0 Å². The quantitative estimate of drug-likeness (QED) is 0.714. The maximum Gasteiger partial charge on any atom is 0.140 e. The number of hydrogen-bond acceptors (Lipinski definition) is 2. The summed E-state index contributed by atoms with van der Waals surface area (Å²) in [5, 5.41) is 0. The lowest BCUT2D eigenvalue weighted by Crippen LogP contribution is -2.23. The third kappa shape index (κ3) is 3.69. The average molecular weight is 322 g/mol. The molecule has 2 atom stereocenters. The molecule has 0 aliphatic heterocycles. The smallest absolute Gasteiger partial charge is 0.140 e. The van der Waals surface area contributed by atoms with Crippen molar-refractivity contribution in [1.82, 2.24) is 0 Å². The predicted octanol–water partition coefficient (Wildman–Crippen LogP) is 5.62. The molecule has 1 aliphatic rings. The van der Waals surface area contributed by atoms with E-state index >= 15 is 0 Å². The van der Waals surface area contributed by atoms with E-state index in [9.17, 15) is 4.79 Å². The van der Waals surface area contributed by atoms with Crippen LogP contribution in [0.25, 0.3) is 11.1 Å². The molecule has 0 bridgehead atoms. The highest BCUT2D eigenvalue weighted by Gasteiger charge is 2.28. The Kier molecular flexibility index (Phi) is 5.34. The number of Topliss-reactive ketones (excluding diaryl/α,β-unsaturated/α-hetero) is 1. The van der Waals surface area contributed by atoms with Gasteiger partial charge in [-0.05, 0) is 54.5 Å². The minimum Gasteiger partial charge on any atom is -0.494 e. The Labute approximate surface area is 144 Å². The molecule has 126 valence electrons. The Bertz CT molecular complexity index is 670. The van der Waals surface area contributed by atoms with Crippen LogP contribution in [-0.2, 0) is 4.79 Å². The normalized spacial score (nSPS) is 20.8. The van der Waals surface area contributed by atoms with Crippen LogP contribution in [0.1, 0.15) is 51.0 Å². The van der Waals surface area contributed by atoms with E-state index in [2.05, 4.69) is 43.3 Å². The average Bonchev–Trinajstić information content (AvgIpc) is 2.63. The molecule has 0 amide bonds. The zero-order valence-corrected chi connectivity index (χ0v) is 14.6. The van der Waals surface area contributed by atoms with Crippen LogP contribution in [0.2, 0.25) is 0 Å². The van der Waals surface area contributed by atoms with Crippen LogP contribution in [0.5, 0.6) is 5.75 Å². The van der Waals surface area contributed by atoms with Crippen LogP contribution in [-0.4, -0.2) is 12.4 Å². The van der Waals surface area contributed by atoms with Crippen molar-refractivity contribution in [2.45, 2.75) is 45.4 Å². The molecule has 2 nitrogen and oxygen atoms in total. The predicted molar refractivity (Wildman–Crippen MR) is 98.4 cm³/mol. The van der Waals surface area contributed by atoms with Crippen LogP contribution in [0, 0.1) is 5.92 Å². The Hall–Kier alpha value is -2.09. The fourth-order valence-corrected chi connectivity index (χ4v) is 3.61. The first-order valence-electron chi connectivity index (χ1n) is 9.07. The molecule has 1 aliphatic carbocycles. The van der Waals surface area contributed by atoms with Crippen LogP contribution >= 0.6 is 0 Å². The molecule has 3 rings (SSSR count). The van der Waals surface area contributed by atoms with Gasteiger partial charge in [-0.3, -0.25) is 4.79 Å². The van der Waals surface area contributed by atoms with Crippen molar-refractivity contribution in [3.8, 4) is 16.9 Å². The Morgan fingerprint density at radius 1 is 0.917 bits per heavy atom. The number of benzene rings is 2. The van der Waals surface area contributed by atoms with Gasteiger partial charge in [0.15, 0.2) is 0 Å². The van der Waals surface area contributed by atoms with Crippen molar-refractivity contribution in [3.63, 3.8) is 0 Å². The van der Waals surface area contributed by atoms with E-state index in [0.717, 1.165) is 25.0 Å². The van der Waals surface area contributed by atoms with E-state index in [0.29, 0.717) is 18.3 Å². The summed E-state index contributed by atoms with van der Waals surface area (Å²) < 4.78 is 5.49. The molecule has 2 heteroatoms. The van der Waals surface area contributed by atoms with E-state index in [4.69, 9.17) is 4.74 Å². The molecule has 24 heavy (non-hydrogen) atoms. The second-order valence-corrected chi connectivity index (χ2v) is 6.65. The third-order valence-electron chi connectivity index (χ3n) is 5.13. The highest BCUT2D eigenvalue weighted by molar-refractivity contribution is 5.86. The van der Waals surface area contributed by atoms with Crippen LogP contribution in [0.15, 0.2) is 48.5 Å². The Morgan fingerprint density at radius 2 is 1.54 bits per heavy atom. The molecule has 1 saturated carbocycles. The molecule has 0 radical (unpaired) electrons. The van der Waals surface area contributed by atoms with Gasteiger partial charge in [0, 0.05) is 12.3 Å². The maximum atomic E-state index is 12.4. The topological polar surface area (TPSA) is 26.3 Å². The Balaban J connectivity index is 1.72. The van der Waals surface area contributed by atoms with Crippen LogP contribution < -0.4 is 4.74 Å². The standard InChI is InChI=1S/C22H26O2/c1-3-16-5-14-21(22(23)15-16)19-8-6-17(7-9-19)18-10-12-20(13-11-18)24-4-2/h6-13,16,21H,3-5,14-15H2,1-2H3/t16-,21+/m1/s1. The molecule has 0 aromatic heterocycles. The van der Waals surface area contributed by atoms with E-state index in [1.807, 2.05) is 19.1 Å². The molecule has 0 heterocycles. The molecule has 2 aromatic rings. The van der Waals surface area contributed by atoms with Crippen molar-refractivity contribution in [2.75, 3.05) is 6.61 Å². The zero-order chi connectivity index (χ0) is 16.9. The fourth-order valence-electron chi connectivity index (χ4n) is 3.61. The van der Waals surface area contributed by atoms with E-state index < -0.39 is 0 Å². The van der Waals surface area contributed by atoms with Crippen molar-refractivity contribution < 1.29 is 9.53 Å². The van der Waals surface area contributed by atoms with Gasteiger partial charge in [0.05, 0.1) is 6.61 Å². The summed E-state index contributed by atoms with van der Waals surface area (Å²) in [6.07, 6.45) is 4.05. The SMILES string of the molecule is CCOc1ccc(-c2ccc([C@@H]3CC[C@@H](CC)CC3=O)cc2)cc1. The lowest BCUT2D eigenvalue weighted by Gasteiger charge is -2.27. The van der Waals surface area contributed by atoms with Gasteiger partial charge in [0.1, 0.15) is 11.5 Å². The summed E-state index contributed by atoms with van der Waals surface area (Å²) in [7, 11) is 0. The summed E-state index contributed by atoms with van der Waals surface area (Å²) in [6, 6.07) is 16.7. The van der Waals surface area contributed by atoms with Gasteiger partial charge in [0.2, 0.25) is 0 Å². The van der Waals surface area contributed by atoms with Gasteiger partial charge in [-0.15, -0.1) is 0 Å². The molecule has 0 spiro atoms. The third-order valence-corrected chi connectivity index (χ3v) is 5.13. The maximum absolute atomic E-state index is 12.4. The number of rotatable bonds is 5. The fraction of sp³-hybridized carbons (Fsp3) is 0.409. The number of carbonyl (C=O) groups is 1. The first-order valence-corrected chi connectivity index (χ1v) is 9.07. The van der Waals surface area contributed by atoms with Gasteiger partial charge in [-0.2, -0.15) is 0 Å². The molecule has 0 saturated heterocycles. The molecule has 0 N–H and O–H groups in total. The summed E-state index contributed by atoms with van der Waals surface area (Å²) >= 11 is 0. The van der Waals surface area contributed by atoms with Crippen LogP contribution in [0.3, 0.4) is 0 Å². The van der Waals surface area contributed by atoms with Crippen molar-refractivity contribution in [2.24, 2.45) is 5.92 Å². The van der Waals surface area contributed by atoms with Gasteiger partial charge < -0.3 is 4.74 Å². The number of ether oxygens (including phenoxy) is 1. The van der Waals surface area contributed by atoms with Crippen LogP contribution in [0.4, 0.5) is 0 Å². The minimum atomic E-state index is 0.0992. The zero-order valence-electron chi connectivity index (χ0n) is 14.6. The summed E-state index contributed by atoms with van der Waals surface area (Å²) in [5.74, 6) is 2.01. The molecular weight excluding hydrogens is 296 g/mol. The van der Waals surface area contributed by atoms with Crippen molar-refractivity contribution in [1.29, 1.82) is 0 Å². The van der Waals surface area contributed by atoms with E-state index in [1.54, 1.807) is 0 Å². The second kappa shape index (κ2) is 7.65. The van der Waals surface area contributed by atoms with Gasteiger partial charge >= 0.3 is 0 Å². The highest BCUT2D eigenvalue weighted by atomic mass is 16.5. The summed E-state index contributed by atoms with van der Waals surface area (Å²) in [4.78, 5) is 12.4. The lowest BCUT2D eigenvalue weighted by atomic mass is 9.77. The highest BCUT2D eigenvalue weighted by Crippen LogP contribution is 2.35. The summed E-state index contributed by atoms with van der Waals surface area (Å²) in [5.41, 5.74) is 3.52. The monoisotopic (exact) mass is 322 g/mol. The Morgan fingerprint density at radius 3 is 2.08 bits per heavy atom. The number of ketones is 1. The lowest BCUT2D eigenvalue weighted by molar-refractivity contribution is -0.123. The molecular formula is C22H26O2. The molecule has 2 aromatic carbocycles. The second-order valence-electron chi connectivity index (χ2n) is 6.65. The van der Waals surface area contributed by atoms with Gasteiger partial charge in [-0.1, -0.05) is 49.7 Å². The van der Waals surface area contributed by atoms with Crippen molar-refractivity contribution >= 4 is 5.78 Å². The molecule has 1 fully saturated rings. The van der Waals surface area contributed by atoms with Crippen molar-refractivity contribution in [3.05, 3.63) is 54.1 Å². The van der Waals surface area contributed by atoms with Gasteiger partial charge in [-0.25, -0.2) is 0 Å². The number of carbonyl (C=O) groups excluding carboxylic acids is 1. The van der Waals surface area contributed by atoms with E-state index in [-0.39, 0.29) is 5.92 Å². The summed E-state index contributed by atoms with van der Waals surface area (Å²) in [6.45, 7) is 4.86. The number of hydrogen-bond donors (Lipinski definition) is 0. The minimum absolute atomic E-state index is 0.0992. The first-order chi connectivity index (χ1) is 11.7. The largest absolute Gasteiger partial charge is 0.494 e.